The van der Waals surface area contributed by atoms with Gasteiger partial charge in [-0.2, -0.15) is 0 Å². The number of nitrogens with zero attached hydrogens (tertiary/aromatic N) is 2. The second kappa shape index (κ2) is 4.87. The molecule has 3 N–H and O–H groups in total. The van der Waals surface area contributed by atoms with Gasteiger partial charge in [-0.1, -0.05) is 6.92 Å². The van der Waals surface area contributed by atoms with E-state index in [1.54, 1.807) is 13.2 Å². The minimum atomic E-state index is -0.00785. The molecule has 0 radical (unpaired) electrons. The zero-order valence-electron chi connectivity index (χ0n) is 10.5. The number of ether oxygens (including phenoxy) is 1. The number of nitrogens with one attached hydrogen (secondary N) is 1. The van der Waals surface area contributed by atoms with Crippen LogP contribution in [0.25, 0.3) is 0 Å². The molecule has 0 amide bonds. The summed E-state index contributed by atoms with van der Waals surface area (Å²) in [6.07, 6.45) is 4.24. The van der Waals surface area contributed by atoms with Crippen molar-refractivity contribution < 1.29 is 4.74 Å². The van der Waals surface area contributed by atoms with Crippen LogP contribution in [-0.2, 0) is 11.2 Å². The lowest BCUT2D eigenvalue weighted by Crippen LogP contribution is -2.45. The fraction of sp³-hybridized carbons (Fsp3) is 0.667. The molecule has 1 aliphatic rings. The van der Waals surface area contributed by atoms with E-state index in [9.17, 15) is 0 Å². The highest BCUT2D eigenvalue weighted by atomic mass is 16.5. The second-order valence-corrected chi connectivity index (χ2v) is 4.54. The minimum Gasteiger partial charge on any atom is -0.384 e. The predicted octanol–water partition coefficient (Wildman–Crippen LogP) is 1.60. The van der Waals surface area contributed by atoms with Crippen molar-refractivity contribution in [3.63, 3.8) is 0 Å². The van der Waals surface area contributed by atoms with E-state index in [0.29, 0.717) is 5.82 Å². The molecule has 0 spiro atoms. The van der Waals surface area contributed by atoms with Crippen LogP contribution in [0.15, 0.2) is 6.07 Å². The van der Waals surface area contributed by atoms with Crippen LogP contribution in [0, 0.1) is 0 Å². The standard InChI is InChI=1S/C12H20N4O/c1-3-10-15-9(13)7-11(16-10)14-8-12(17-2)5-4-6-12/h7H,3-6,8H2,1-2H3,(H3,13,14,15,16). The largest absolute Gasteiger partial charge is 0.384 e. The molecule has 5 nitrogen and oxygen atoms in total. The number of rotatable bonds is 5. The number of nitrogen functional groups attached to an aromatic ring is 1. The Bertz CT molecular complexity index is 385. The van der Waals surface area contributed by atoms with Crippen molar-refractivity contribution in [1.82, 2.24) is 9.97 Å². The van der Waals surface area contributed by atoms with Crippen molar-refractivity contribution in [3.05, 3.63) is 11.9 Å². The molecule has 0 unspecified atom stereocenters. The zero-order valence-corrected chi connectivity index (χ0v) is 10.5. The van der Waals surface area contributed by atoms with E-state index in [4.69, 9.17) is 10.5 Å². The number of nitrogens with two attached hydrogens (primary N) is 1. The summed E-state index contributed by atoms with van der Waals surface area (Å²) in [4.78, 5) is 8.54. The number of aryl methyl sites for hydroxylation is 1. The SMILES string of the molecule is CCc1nc(N)cc(NCC2(OC)CCC2)n1. The van der Waals surface area contributed by atoms with Gasteiger partial charge in [0.15, 0.2) is 0 Å². The average molecular weight is 236 g/mol. The van der Waals surface area contributed by atoms with Crippen LogP contribution in [0.5, 0.6) is 0 Å². The first kappa shape index (κ1) is 12.1. The molecule has 2 rings (SSSR count). The molecule has 1 aliphatic carbocycles. The summed E-state index contributed by atoms with van der Waals surface area (Å²) < 4.78 is 5.55. The third-order valence-corrected chi connectivity index (χ3v) is 3.40. The number of hydrogen-bond donors (Lipinski definition) is 2. The maximum absolute atomic E-state index is 5.73. The third-order valence-electron chi connectivity index (χ3n) is 3.40. The molecule has 1 heterocycles. The first-order valence-corrected chi connectivity index (χ1v) is 6.10. The van der Waals surface area contributed by atoms with E-state index in [1.807, 2.05) is 6.92 Å². The quantitative estimate of drug-likeness (QED) is 0.812. The average Bonchev–Trinajstić information content (AvgIpc) is 2.27. The molecule has 1 aromatic rings. The second-order valence-electron chi connectivity index (χ2n) is 4.54. The van der Waals surface area contributed by atoms with Gasteiger partial charge in [0.1, 0.15) is 17.5 Å². The highest BCUT2D eigenvalue weighted by Gasteiger charge is 2.36. The van der Waals surface area contributed by atoms with Crippen molar-refractivity contribution >= 4 is 11.6 Å². The molecule has 0 atom stereocenters. The Morgan fingerprint density at radius 1 is 1.47 bits per heavy atom. The molecule has 94 valence electrons. The van der Waals surface area contributed by atoms with Crippen molar-refractivity contribution in [2.24, 2.45) is 0 Å². The smallest absolute Gasteiger partial charge is 0.132 e. The lowest BCUT2D eigenvalue weighted by molar-refractivity contribution is -0.0601. The van der Waals surface area contributed by atoms with Gasteiger partial charge in [0.2, 0.25) is 0 Å². The summed E-state index contributed by atoms with van der Waals surface area (Å²) in [6.45, 7) is 2.80. The van der Waals surface area contributed by atoms with E-state index in [0.717, 1.165) is 37.4 Å². The topological polar surface area (TPSA) is 73.1 Å². The van der Waals surface area contributed by atoms with Gasteiger partial charge in [0, 0.05) is 26.1 Å². The summed E-state index contributed by atoms with van der Waals surface area (Å²) >= 11 is 0. The van der Waals surface area contributed by atoms with Gasteiger partial charge in [-0.25, -0.2) is 9.97 Å². The maximum atomic E-state index is 5.73. The summed E-state index contributed by atoms with van der Waals surface area (Å²) in [6, 6.07) is 1.77. The molecular formula is C12H20N4O. The monoisotopic (exact) mass is 236 g/mol. The molecule has 17 heavy (non-hydrogen) atoms. The van der Waals surface area contributed by atoms with Crippen molar-refractivity contribution in [2.45, 2.75) is 38.2 Å². The Balaban J connectivity index is 2.01. The van der Waals surface area contributed by atoms with Gasteiger partial charge < -0.3 is 15.8 Å². The Labute approximate surface area is 102 Å². The van der Waals surface area contributed by atoms with Crippen LogP contribution >= 0.6 is 0 Å². The van der Waals surface area contributed by atoms with E-state index in [2.05, 4.69) is 15.3 Å². The summed E-state index contributed by atoms with van der Waals surface area (Å²) in [7, 11) is 1.77. The summed E-state index contributed by atoms with van der Waals surface area (Å²) in [5.74, 6) is 2.07. The van der Waals surface area contributed by atoms with Crippen LogP contribution in [0.1, 0.15) is 32.0 Å². The molecule has 1 saturated carbocycles. The molecular weight excluding hydrogens is 216 g/mol. The number of aromatic nitrogens is 2. The molecule has 0 aliphatic heterocycles. The molecule has 1 fully saturated rings. The Kier molecular flexibility index (Phi) is 3.47. The van der Waals surface area contributed by atoms with Gasteiger partial charge in [-0.05, 0) is 19.3 Å². The van der Waals surface area contributed by atoms with Gasteiger partial charge >= 0.3 is 0 Å². The summed E-state index contributed by atoms with van der Waals surface area (Å²) in [5.41, 5.74) is 5.72. The van der Waals surface area contributed by atoms with Crippen LogP contribution in [0.3, 0.4) is 0 Å². The Morgan fingerprint density at radius 2 is 2.24 bits per heavy atom. The number of anilines is 2. The van der Waals surface area contributed by atoms with E-state index in [1.165, 1.54) is 6.42 Å². The third kappa shape index (κ3) is 2.66. The highest BCUT2D eigenvalue weighted by molar-refractivity contribution is 5.45. The zero-order chi connectivity index (χ0) is 12.3. The number of hydrogen-bond acceptors (Lipinski definition) is 5. The van der Waals surface area contributed by atoms with E-state index < -0.39 is 0 Å². The number of methoxy groups -OCH3 is 1. The fourth-order valence-corrected chi connectivity index (χ4v) is 2.04. The summed E-state index contributed by atoms with van der Waals surface area (Å²) in [5, 5.41) is 3.30. The van der Waals surface area contributed by atoms with E-state index >= 15 is 0 Å². The maximum Gasteiger partial charge on any atom is 0.132 e. The molecule has 1 aromatic heterocycles. The van der Waals surface area contributed by atoms with Gasteiger partial charge in [-0.3, -0.25) is 0 Å². The Morgan fingerprint density at radius 3 is 2.76 bits per heavy atom. The molecule has 0 aromatic carbocycles. The van der Waals surface area contributed by atoms with Crippen LogP contribution in [0.4, 0.5) is 11.6 Å². The molecule has 0 bridgehead atoms. The first-order chi connectivity index (χ1) is 8.17. The lowest BCUT2D eigenvalue weighted by atomic mass is 9.80. The normalized spacial score (nSPS) is 17.5. The van der Waals surface area contributed by atoms with Crippen molar-refractivity contribution in [3.8, 4) is 0 Å². The van der Waals surface area contributed by atoms with Gasteiger partial charge in [0.05, 0.1) is 5.60 Å². The highest BCUT2D eigenvalue weighted by Crippen LogP contribution is 2.34. The van der Waals surface area contributed by atoms with Crippen LogP contribution in [-0.4, -0.2) is 29.2 Å². The van der Waals surface area contributed by atoms with Crippen molar-refractivity contribution in [1.29, 1.82) is 0 Å². The van der Waals surface area contributed by atoms with E-state index in [-0.39, 0.29) is 5.60 Å². The van der Waals surface area contributed by atoms with Gasteiger partial charge in [0.25, 0.3) is 0 Å². The lowest BCUT2D eigenvalue weighted by Gasteiger charge is -2.40. The minimum absolute atomic E-state index is 0.00785. The van der Waals surface area contributed by atoms with Crippen LogP contribution < -0.4 is 11.1 Å². The molecule has 0 saturated heterocycles. The van der Waals surface area contributed by atoms with Crippen molar-refractivity contribution in [2.75, 3.05) is 24.7 Å². The van der Waals surface area contributed by atoms with Crippen LogP contribution in [0.2, 0.25) is 0 Å². The predicted molar refractivity (Wildman–Crippen MR) is 67.9 cm³/mol. The van der Waals surface area contributed by atoms with Gasteiger partial charge in [-0.15, -0.1) is 0 Å². The first-order valence-electron chi connectivity index (χ1n) is 6.10. The Hall–Kier alpha value is -1.36. The molecule has 5 heteroatoms. The fourth-order valence-electron chi connectivity index (χ4n) is 2.04.